The zero-order chi connectivity index (χ0) is 25.4. The lowest BCUT2D eigenvalue weighted by Crippen LogP contribution is -2.44. The fraction of sp³-hybridized carbons (Fsp3) is 0.654. The summed E-state index contributed by atoms with van der Waals surface area (Å²) < 4.78 is 5.98. The number of pyridine rings is 1. The fourth-order valence-electron chi connectivity index (χ4n) is 5.92. The largest absolute Gasteiger partial charge is 0.394 e. The summed E-state index contributed by atoms with van der Waals surface area (Å²) in [5, 5.41) is 21.2. The van der Waals surface area contributed by atoms with E-state index in [0.717, 1.165) is 73.4 Å². The van der Waals surface area contributed by atoms with E-state index in [-0.39, 0.29) is 24.7 Å². The summed E-state index contributed by atoms with van der Waals surface area (Å²) in [5.74, 6) is 2.02. The van der Waals surface area contributed by atoms with Crippen molar-refractivity contribution in [3.8, 4) is 0 Å². The summed E-state index contributed by atoms with van der Waals surface area (Å²) in [4.78, 5) is 19.4. The molecular weight excluding hydrogens is 498 g/mol. The van der Waals surface area contributed by atoms with Crippen LogP contribution in [0.4, 0.5) is 11.6 Å². The van der Waals surface area contributed by atoms with Crippen molar-refractivity contribution in [3.05, 3.63) is 28.7 Å². The van der Waals surface area contributed by atoms with Crippen LogP contribution in [0.2, 0.25) is 5.02 Å². The van der Waals surface area contributed by atoms with E-state index in [1.54, 1.807) is 6.20 Å². The minimum absolute atomic E-state index is 0.0442. The number of aryl methyl sites for hydroxylation is 1. The third-order valence-electron chi connectivity index (χ3n) is 8.49. The van der Waals surface area contributed by atoms with E-state index in [4.69, 9.17) is 26.3 Å². The first-order valence-electron chi connectivity index (χ1n) is 12.9. The van der Waals surface area contributed by atoms with Gasteiger partial charge in [0, 0.05) is 36.1 Å². The summed E-state index contributed by atoms with van der Waals surface area (Å²) in [6, 6.07) is 1.92. The van der Waals surface area contributed by atoms with Gasteiger partial charge in [-0.2, -0.15) is 0 Å². The third-order valence-corrected chi connectivity index (χ3v) is 10.1. The number of hydrogen-bond donors (Lipinski definition) is 2. The molecule has 0 bridgehead atoms. The number of halogens is 1. The number of ether oxygens (including phenoxy) is 1. The van der Waals surface area contributed by atoms with Crippen molar-refractivity contribution in [3.63, 3.8) is 0 Å². The maximum atomic E-state index is 10.2. The van der Waals surface area contributed by atoms with Gasteiger partial charge in [-0.3, -0.25) is 0 Å². The van der Waals surface area contributed by atoms with Crippen molar-refractivity contribution in [1.82, 2.24) is 15.0 Å². The molecule has 3 aliphatic heterocycles. The standard InChI is InChI=1S/C26H36ClN5O3S/c1-16-18(3)35-15-26(16)7-11-31(12-8-26)23-20(14-34)30-25(17(2)29-23)36-21-6-9-28-24(22(21)27)32-10-4-5-19(32)13-33/h6,9,16,18-19,33-34H,4-5,7-8,10-15H2,1-3H3/t16-,18+,19?/m1/s1. The second-order valence-electron chi connectivity index (χ2n) is 10.4. The Morgan fingerprint density at radius 3 is 2.61 bits per heavy atom. The van der Waals surface area contributed by atoms with Gasteiger partial charge < -0.3 is 24.7 Å². The van der Waals surface area contributed by atoms with E-state index < -0.39 is 0 Å². The number of aromatic nitrogens is 3. The molecule has 2 N–H and O–H groups in total. The van der Waals surface area contributed by atoms with Gasteiger partial charge in [0.25, 0.3) is 0 Å². The highest BCUT2D eigenvalue weighted by atomic mass is 35.5. The van der Waals surface area contributed by atoms with Crippen molar-refractivity contribution >= 4 is 35.0 Å². The van der Waals surface area contributed by atoms with Crippen LogP contribution in [0.1, 0.15) is 50.9 Å². The Morgan fingerprint density at radius 2 is 1.94 bits per heavy atom. The maximum Gasteiger partial charge on any atom is 0.153 e. The van der Waals surface area contributed by atoms with E-state index in [0.29, 0.717) is 28.6 Å². The topological polar surface area (TPSA) is 94.8 Å². The van der Waals surface area contributed by atoms with E-state index in [2.05, 4.69) is 28.6 Å². The van der Waals surface area contributed by atoms with E-state index in [9.17, 15) is 10.2 Å². The molecule has 5 heterocycles. The molecule has 0 aliphatic carbocycles. The second kappa shape index (κ2) is 10.6. The van der Waals surface area contributed by atoms with E-state index in [1.807, 2.05) is 13.0 Å². The lowest BCUT2D eigenvalue weighted by Gasteiger charge is -2.42. The molecule has 196 valence electrons. The van der Waals surface area contributed by atoms with Crippen LogP contribution >= 0.6 is 23.4 Å². The molecule has 2 aromatic heterocycles. The van der Waals surface area contributed by atoms with Gasteiger partial charge in [-0.15, -0.1) is 0 Å². The molecule has 3 saturated heterocycles. The summed E-state index contributed by atoms with van der Waals surface area (Å²) in [6.07, 6.45) is 6.11. The summed E-state index contributed by atoms with van der Waals surface area (Å²) >= 11 is 8.24. The Balaban J connectivity index is 1.36. The van der Waals surface area contributed by atoms with Crippen LogP contribution in [-0.2, 0) is 11.3 Å². The molecule has 0 saturated carbocycles. The van der Waals surface area contributed by atoms with Crippen molar-refractivity contribution in [2.75, 3.05) is 42.6 Å². The highest BCUT2D eigenvalue weighted by molar-refractivity contribution is 7.99. The van der Waals surface area contributed by atoms with Crippen molar-refractivity contribution in [1.29, 1.82) is 0 Å². The Kier molecular flexibility index (Phi) is 7.66. The van der Waals surface area contributed by atoms with Gasteiger partial charge in [0.05, 0.1) is 42.7 Å². The fourth-order valence-corrected chi connectivity index (χ4v) is 7.12. The smallest absolute Gasteiger partial charge is 0.153 e. The van der Waals surface area contributed by atoms with Gasteiger partial charge >= 0.3 is 0 Å². The van der Waals surface area contributed by atoms with E-state index in [1.165, 1.54) is 11.8 Å². The summed E-state index contributed by atoms with van der Waals surface area (Å²) in [7, 11) is 0. The number of anilines is 2. The molecule has 1 spiro atoms. The molecular formula is C26H36ClN5O3S. The average molecular weight is 534 g/mol. The van der Waals surface area contributed by atoms with Gasteiger partial charge in [0.15, 0.2) is 5.82 Å². The zero-order valence-electron chi connectivity index (χ0n) is 21.3. The number of rotatable bonds is 6. The van der Waals surface area contributed by atoms with Crippen LogP contribution < -0.4 is 9.80 Å². The van der Waals surface area contributed by atoms with E-state index >= 15 is 0 Å². The Bertz CT molecular complexity index is 1100. The van der Waals surface area contributed by atoms with Gasteiger partial charge in [0.1, 0.15) is 16.5 Å². The Morgan fingerprint density at radius 1 is 1.17 bits per heavy atom. The van der Waals surface area contributed by atoms with Crippen LogP contribution in [0, 0.1) is 18.3 Å². The monoisotopic (exact) mass is 533 g/mol. The first-order valence-corrected chi connectivity index (χ1v) is 14.1. The van der Waals surface area contributed by atoms with Gasteiger partial charge in [-0.25, -0.2) is 15.0 Å². The van der Waals surface area contributed by atoms with Crippen LogP contribution in [0.15, 0.2) is 22.2 Å². The minimum Gasteiger partial charge on any atom is -0.394 e. The van der Waals surface area contributed by atoms with Gasteiger partial charge in [0.2, 0.25) is 0 Å². The van der Waals surface area contributed by atoms with Gasteiger partial charge in [-0.05, 0) is 51.5 Å². The summed E-state index contributed by atoms with van der Waals surface area (Å²) in [5.41, 5.74) is 1.64. The normalized spacial score (nSPS) is 25.8. The predicted octanol–water partition coefficient (Wildman–Crippen LogP) is 4.08. The minimum atomic E-state index is -0.171. The van der Waals surface area contributed by atoms with Crippen LogP contribution in [-0.4, -0.2) is 70.2 Å². The molecule has 3 atom stereocenters. The van der Waals surface area contributed by atoms with Crippen LogP contribution in [0.5, 0.6) is 0 Å². The van der Waals surface area contributed by atoms with Crippen LogP contribution in [0.25, 0.3) is 0 Å². The predicted molar refractivity (Wildman–Crippen MR) is 142 cm³/mol. The molecule has 5 rings (SSSR count). The molecule has 1 unspecified atom stereocenters. The van der Waals surface area contributed by atoms with Crippen molar-refractivity contribution < 1.29 is 14.9 Å². The first kappa shape index (κ1) is 26.0. The molecule has 36 heavy (non-hydrogen) atoms. The Hall–Kier alpha value is -1.65. The Labute approximate surface area is 222 Å². The molecule has 0 radical (unpaired) electrons. The molecule has 0 aromatic carbocycles. The molecule has 8 nitrogen and oxygen atoms in total. The van der Waals surface area contributed by atoms with Crippen molar-refractivity contribution in [2.45, 2.75) is 75.1 Å². The molecule has 10 heteroatoms. The third kappa shape index (κ3) is 4.69. The molecule has 0 amide bonds. The SMILES string of the molecule is Cc1nc(N2CCC3(CC2)CO[C@@H](C)[C@H]3C)c(CO)nc1Sc1ccnc(N2CCCC2CO)c1Cl. The number of aliphatic hydroxyl groups is 2. The van der Waals surface area contributed by atoms with Crippen LogP contribution in [0.3, 0.4) is 0 Å². The average Bonchev–Trinajstić information content (AvgIpc) is 3.47. The number of hydrogen-bond acceptors (Lipinski definition) is 9. The van der Waals surface area contributed by atoms with Crippen molar-refractivity contribution in [2.24, 2.45) is 11.3 Å². The number of aliphatic hydroxyl groups excluding tert-OH is 2. The lowest BCUT2D eigenvalue weighted by molar-refractivity contribution is 0.0969. The zero-order valence-corrected chi connectivity index (χ0v) is 22.9. The molecule has 3 aliphatic rings. The van der Waals surface area contributed by atoms with Gasteiger partial charge in [-0.1, -0.05) is 30.3 Å². The quantitative estimate of drug-likeness (QED) is 0.569. The maximum absolute atomic E-state index is 10.2. The first-order chi connectivity index (χ1) is 17.4. The molecule has 2 aromatic rings. The molecule has 3 fully saturated rings. The number of piperidine rings is 1. The highest BCUT2D eigenvalue weighted by Crippen LogP contribution is 2.47. The lowest BCUT2D eigenvalue weighted by atomic mass is 9.70. The summed E-state index contributed by atoms with van der Waals surface area (Å²) in [6.45, 7) is 9.79. The highest BCUT2D eigenvalue weighted by Gasteiger charge is 2.47. The second-order valence-corrected chi connectivity index (χ2v) is 11.8. The number of nitrogens with zero attached hydrogens (tertiary/aromatic N) is 5.